The van der Waals surface area contributed by atoms with Crippen molar-refractivity contribution in [1.82, 2.24) is 19.7 Å². The summed E-state index contributed by atoms with van der Waals surface area (Å²) in [7, 11) is 0. The van der Waals surface area contributed by atoms with Crippen molar-refractivity contribution in [1.29, 1.82) is 5.26 Å². The van der Waals surface area contributed by atoms with Gasteiger partial charge in [0.1, 0.15) is 0 Å². The van der Waals surface area contributed by atoms with Crippen molar-refractivity contribution in [3.05, 3.63) is 89.6 Å². The third-order valence-electron chi connectivity index (χ3n) is 9.03. The number of carbonyl (C=O) groups is 1. The fraction of sp³-hybridized carbons (Fsp3) is 0.389. The number of carbonyl (C=O) groups excluding carboxylic acids is 1. The first kappa shape index (κ1) is 29.0. The smallest absolute Gasteiger partial charge is 0.251 e. The largest absolute Gasteiger partial charge is 0.368 e. The summed E-state index contributed by atoms with van der Waals surface area (Å²) in [4.78, 5) is 20.6. The maximum Gasteiger partial charge on any atom is 0.251 e. The highest BCUT2D eigenvalue weighted by molar-refractivity contribution is 5.96. The number of nitrogens with zero attached hydrogens (tertiary/aromatic N) is 5. The molecule has 1 amide bonds. The van der Waals surface area contributed by atoms with Crippen LogP contribution in [-0.2, 0) is 6.54 Å². The number of benzene rings is 3. The topological polar surface area (TPSA) is 67.5 Å². The molecule has 0 spiro atoms. The summed E-state index contributed by atoms with van der Waals surface area (Å²) in [6.45, 7) is 12.1. The molecule has 0 atom stereocenters. The molecule has 2 fully saturated rings. The fourth-order valence-electron chi connectivity index (χ4n) is 6.66. The molecule has 6 rings (SSSR count). The van der Waals surface area contributed by atoms with Crippen LogP contribution in [0.4, 0.5) is 5.69 Å². The van der Waals surface area contributed by atoms with E-state index in [0.29, 0.717) is 17.7 Å². The number of nitrogens with one attached hydrogen (secondary N) is 1. The second-order valence-electron chi connectivity index (χ2n) is 11.9. The lowest BCUT2D eigenvalue weighted by molar-refractivity contribution is 0.0952. The normalized spacial score (nSPS) is 16.0. The van der Waals surface area contributed by atoms with Gasteiger partial charge >= 0.3 is 0 Å². The lowest BCUT2D eigenvalue weighted by Crippen LogP contribution is -2.47. The number of aromatic nitrogens is 1. The first-order chi connectivity index (χ1) is 21.1. The Morgan fingerprint density at radius 1 is 0.860 bits per heavy atom. The van der Waals surface area contributed by atoms with Gasteiger partial charge in [-0.05, 0) is 87.3 Å². The second-order valence-corrected chi connectivity index (χ2v) is 11.9. The number of amides is 1. The summed E-state index contributed by atoms with van der Waals surface area (Å²) < 4.78 is 2.38. The van der Waals surface area contributed by atoms with Gasteiger partial charge in [-0.25, -0.2) is 0 Å². The molecule has 2 aliphatic heterocycles. The Hall–Kier alpha value is -4.12. The maximum atomic E-state index is 13.1. The Morgan fingerprint density at radius 2 is 1.60 bits per heavy atom. The molecule has 7 nitrogen and oxygen atoms in total. The van der Waals surface area contributed by atoms with Crippen molar-refractivity contribution in [2.24, 2.45) is 0 Å². The average molecular weight is 575 g/mol. The molecule has 1 aromatic heterocycles. The van der Waals surface area contributed by atoms with Crippen LogP contribution in [0.1, 0.15) is 40.7 Å². The zero-order valence-electron chi connectivity index (χ0n) is 25.3. The quantitative estimate of drug-likeness (QED) is 0.253. The van der Waals surface area contributed by atoms with Crippen LogP contribution in [0, 0.1) is 18.3 Å². The van der Waals surface area contributed by atoms with Crippen molar-refractivity contribution >= 4 is 22.5 Å². The Kier molecular flexibility index (Phi) is 9.07. The van der Waals surface area contributed by atoms with Crippen LogP contribution in [0.2, 0.25) is 0 Å². The highest BCUT2D eigenvalue weighted by Crippen LogP contribution is 2.33. The highest BCUT2D eigenvalue weighted by Gasteiger charge is 2.21. The van der Waals surface area contributed by atoms with Crippen LogP contribution in [0.15, 0.2) is 72.9 Å². The van der Waals surface area contributed by atoms with Gasteiger partial charge in [-0.3, -0.25) is 9.69 Å². The van der Waals surface area contributed by atoms with Gasteiger partial charge in [-0.15, -0.1) is 0 Å². The van der Waals surface area contributed by atoms with Crippen molar-refractivity contribution in [3.8, 4) is 17.2 Å². The van der Waals surface area contributed by atoms with E-state index in [2.05, 4.69) is 86.2 Å². The second kappa shape index (κ2) is 13.5. The number of aryl methyl sites for hydroxylation is 1. The van der Waals surface area contributed by atoms with Crippen LogP contribution in [-0.4, -0.2) is 79.2 Å². The van der Waals surface area contributed by atoms with Gasteiger partial charge in [0.05, 0.1) is 11.6 Å². The summed E-state index contributed by atoms with van der Waals surface area (Å²) >= 11 is 0. The Bertz CT molecular complexity index is 1600. The minimum atomic E-state index is -0.114. The number of fused-ring (bicyclic) bond motifs is 1. The average Bonchev–Trinajstić information content (AvgIpc) is 3.70. The van der Waals surface area contributed by atoms with Gasteiger partial charge in [0.15, 0.2) is 0 Å². The zero-order valence-corrected chi connectivity index (χ0v) is 25.3. The molecule has 0 radical (unpaired) electrons. The van der Waals surface area contributed by atoms with Crippen LogP contribution >= 0.6 is 0 Å². The molecular formula is C36H42N6O. The molecule has 222 valence electrons. The van der Waals surface area contributed by atoms with Crippen LogP contribution in [0.3, 0.4) is 0 Å². The summed E-state index contributed by atoms with van der Waals surface area (Å²) in [6, 6.07) is 24.9. The number of para-hydroxylation sites is 2. The number of piperazine rings is 1. The van der Waals surface area contributed by atoms with Crippen molar-refractivity contribution < 1.29 is 4.79 Å². The lowest BCUT2D eigenvalue weighted by Gasteiger charge is -2.37. The van der Waals surface area contributed by atoms with Gasteiger partial charge < -0.3 is 19.7 Å². The minimum Gasteiger partial charge on any atom is -0.368 e. The molecule has 4 aromatic rings. The van der Waals surface area contributed by atoms with Gasteiger partial charge in [-0.1, -0.05) is 36.4 Å². The Morgan fingerprint density at radius 3 is 2.42 bits per heavy atom. The van der Waals surface area contributed by atoms with Gasteiger partial charge in [-0.2, -0.15) is 5.26 Å². The van der Waals surface area contributed by atoms with E-state index in [1.807, 2.05) is 18.2 Å². The Balaban J connectivity index is 1.10. The highest BCUT2D eigenvalue weighted by atomic mass is 16.1. The van der Waals surface area contributed by atoms with E-state index in [0.717, 1.165) is 69.0 Å². The number of rotatable bonds is 10. The molecule has 7 heteroatoms. The van der Waals surface area contributed by atoms with E-state index in [9.17, 15) is 10.1 Å². The van der Waals surface area contributed by atoms with Gasteiger partial charge in [0.2, 0.25) is 0 Å². The minimum absolute atomic E-state index is 0.114. The molecule has 2 aliphatic rings. The number of hydrogen-bond donors (Lipinski definition) is 1. The monoisotopic (exact) mass is 574 g/mol. The lowest BCUT2D eigenvalue weighted by atomic mass is 9.97. The van der Waals surface area contributed by atoms with E-state index in [1.165, 1.54) is 42.4 Å². The molecule has 0 bridgehead atoms. The number of nitriles is 1. The van der Waals surface area contributed by atoms with Crippen molar-refractivity contribution in [3.63, 3.8) is 0 Å². The predicted molar refractivity (Wildman–Crippen MR) is 175 cm³/mol. The van der Waals surface area contributed by atoms with E-state index in [-0.39, 0.29) is 5.91 Å². The predicted octanol–water partition coefficient (Wildman–Crippen LogP) is 5.53. The summed E-state index contributed by atoms with van der Waals surface area (Å²) in [5, 5.41) is 14.2. The molecule has 0 saturated carbocycles. The molecule has 2 saturated heterocycles. The van der Waals surface area contributed by atoms with E-state index in [1.54, 1.807) is 6.07 Å². The first-order valence-electron chi connectivity index (χ1n) is 15.8. The molecule has 0 aliphatic carbocycles. The summed E-state index contributed by atoms with van der Waals surface area (Å²) in [6.07, 6.45) is 5.76. The van der Waals surface area contributed by atoms with E-state index >= 15 is 0 Å². The van der Waals surface area contributed by atoms with Crippen LogP contribution in [0.25, 0.3) is 22.0 Å². The van der Waals surface area contributed by atoms with Crippen molar-refractivity contribution in [2.75, 3.05) is 63.8 Å². The number of likely N-dealkylation sites (tertiary alicyclic amines) is 1. The first-order valence-corrected chi connectivity index (χ1v) is 15.8. The summed E-state index contributed by atoms with van der Waals surface area (Å²) in [5.41, 5.74) is 6.81. The molecule has 1 N–H and O–H groups in total. The van der Waals surface area contributed by atoms with Crippen molar-refractivity contribution in [2.45, 2.75) is 32.7 Å². The fourth-order valence-corrected chi connectivity index (χ4v) is 6.66. The maximum absolute atomic E-state index is 13.1. The SMILES string of the molecule is Cc1cn(CCN2CCN(c3ccccc3-c3cc(C#N)cc(C(=O)NCCCN4CCCC4)c3)CC2)c2ccccc12. The third kappa shape index (κ3) is 6.77. The third-order valence-corrected chi connectivity index (χ3v) is 9.03. The zero-order chi connectivity index (χ0) is 29.6. The molecule has 3 aromatic carbocycles. The summed E-state index contributed by atoms with van der Waals surface area (Å²) in [5.74, 6) is -0.114. The van der Waals surface area contributed by atoms with Gasteiger partial charge in [0, 0.05) is 79.7 Å². The van der Waals surface area contributed by atoms with Crippen LogP contribution < -0.4 is 10.2 Å². The molecule has 3 heterocycles. The van der Waals surface area contributed by atoms with E-state index < -0.39 is 0 Å². The number of hydrogen-bond acceptors (Lipinski definition) is 5. The number of anilines is 1. The molecular weight excluding hydrogens is 532 g/mol. The molecule has 43 heavy (non-hydrogen) atoms. The Labute approximate surface area is 255 Å². The molecule has 0 unspecified atom stereocenters. The van der Waals surface area contributed by atoms with E-state index in [4.69, 9.17) is 0 Å². The van der Waals surface area contributed by atoms with Gasteiger partial charge in [0.25, 0.3) is 5.91 Å². The standard InChI is InChI=1S/C36H42N6O/c1-28-27-42(34-11-4-2-9-32(28)34)22-19-40-17-20-41(21-18-40)35-12-5-3-10-33(35)30-23-29(26-37)24-31(25-30)36(43)38-13-8-16-39-14-6-7-15-39/h2-5,9-12,23-25,27H,6-8,13-22H2,1H3,(H,38,43). The van der Waals surface area contributed by atoms with Crippen LogP contribution in [0.5, 0.6) is 0 Å².